The predicted octanol–water partition coefficient (Wildman–Crippen LogP) is 3.80. The molecule has 0 bridgehead atoms. The molecule has 1 heterocycles. The molecule has 0 saturated carbocycles. The van der Waals surface area contributed by atoms with Gasteiger partial charge in [0.1, 0.15) is 8.07 Å². The Balaban J connectivity index is 2.08. The van der Waals surface area contributed by atoms with Crippen LogP contribution in [0.15, 0.2) is 66.9 Å². The van der Waals surface area contributed by atoms with Crippen molar-refractivity contribution in [3.63, 3.8) is 0 Å². The maximum absolute atomic E-state index is 12.1. The summed E-state index contributed by atoms with van der Waals surface area (Å²) in [5.74, 6) is 0.247. The molecule has 0 aromatic heterocycles. The van der Waals surface area contributed by atoms with Gasteiger partial charge in [-0.3, -0.25) is 4.79 Å². The summed E-state index contributed by atoms with van der Waals surface area (Å²) in [7, 11) is -1.88. The van der Waals surface area contributed by atoms with Crippen molar-refractivity contribution in [1.82, 2.24) is 4.90 Å². The number of carbonyl (C=O) groups excluding carboxylic acids is 1. The number of likely N-dealkylation sites (tertiary alicyclic amines) is 1. The van der Waals surface area contributed by atoms with Gasteiger partial charge in [0.2, 0.25) is 5.91 Å². The highest BCUT2D eigenvalue weighted by atomic mass is 28.3. The van der Waals surface area contributed by atoms with Crippen molar-refractivity contribution >= 4 is 24.4 Å². The second-order valence-corrected chi connectivity index (χ2v) is 11.0. The molecule has 2 aromatic carbocycles. The van der Waals surface area contributed by atoms with Crippen LogP contribution in [0.1, 0.15) is 18.4 Å². The van der Waals surface area contributed by atoms with Crippen LogP contribution in [0.4, 0.5) is 0 Å². The number of amides is 1. The SMILES string of the molecule is C[Si](C)(/C(=C/N1CCCC1=O)c1ccccc1)c1ccccc1. The average molecular weight is 321 g/mol. The van der Waals surface area contributed by atoms with E-state index in [9.17, 15) is 4.79 Å². The monoisotopic (exact) mass is 321 g/mol. The van der Waals surface area contributed by atoms with Crippen molar-refractivity contribution in [1.29, 1.82) is 0 Å². The van der Waals surface area contributed by atoms with Gasteiger partial charge >= 0.3 is 0 Å². The zero-order valence-electron chi connectivity index (χ0n) is 13.8. The fourth-order valence-electron chi connectivity index (χ4n) is 3.19. The Morgan fingerprint density at radius 2 is 1.61 bits per heavy atom. The molecule has 1 saturated heterocycles. The molecule has 0 N–H and O–H groups in total. The van der Waals surface area contributed by atoms with Gasteiger partial charge in [-0.25, -0.2) is 0 Å². The van der Waals surface area contributed by atoms with Crippen LogP contribution in [0.3, 0.4) is 0 Å². The second kappa shape index (κ2) is 6.55. The largest absolute Gasteiger partial charge is 0.319 e. The first kappa shape index (κ1) is 15.8. The van der Waals surface area contributed by atoms with Crippen molar-refractivity contribution in [2.75, 3.05) is 6.54 Å². The Bertz CT molecular complexity index is 707. The topological polar surface area (TPSA) is 20.3 Å². The van der Waals surface area contributed by atoms with Gasteiger partial charge in [-0.1, -0.05) is 78.9 Å². The smallest absolute Gasteiger partial charge is 0.226 e. The van der Waals surface area contributed by atoms with Gasteiger partial charge in [-0.2, -0.15) is 0 Å². The fourth-order valence-corrected chi connectivity index (χ4v) is 5.89. The summed E-state index contributed by atoms with van der Waals surface area (Å²) in [6.07, 6.45) is 3.76. The van der Waals surface area contributed by atoms with Gasteiger partial charge in [0.05, 0.1) is 0 Å². The van der Waals surface area contributed by atoms with Crippen molar-refractivity contribution in [2.24, 2.45) is 0 Å². The standard InChI is InChI=1S/C20H23NOSi/c1-23(2,18-12-7-4-8-13-18)19(17-10-5-3-6-11-17)16-21-15-9-14-20(21)22/h3-8,10-13,16H,9,14-15H2,1-2H3/b19-16+. The van der Waals surface area contributed by atoms with E-state index in [-0.39, 0.29) is 5.91 Å². The minimum absolute atomic E-state index is 0.247. The molecular weight excluding hydrogens is 298 g/mol. The minimum atomic E-state index is -1.88. The molecule has 0 aliphatic carbocycles. The zero-order chi connectivity index (χ0) is 16.3. The highest BCUT2D eigenvalue weighted by Gasteiger charge is 2.31. The highest BCUT2D eigenvalue weighted by molar-refractivity contribution is 7.04. The third-order valence-corrected chi connectivity index (χ3v) is 8.19. The molecule has 0 spiro atoms. The maximum atomic E-state index is 12.1. The molecular formula is C20H23NOSi. The average Bonchev–Trinajstić information content (AvgIpc) is 2.99. The molecule has 1 aliphatic rings. The Morgan fingerprint density at radius 3 is 2.17 bits per heavy atom. The van der Waals surface area contributed by atoms with Gasteiger partial charge in [-0.05, 0) is 17.2 Å². The number of carbonyl (C=O) groups is 1. The molecule has 23 heavy (non-hydrogen) atoms. The van der Waals surface area contributed by atoms with E-state index in [4.69, 9.17) is 0 Å². The van der Waals surface area contributed by atoms with Crippen LogP contribution in [0.2, 0.25) is 13.1 Å². The summed E-state index contributed by atoms with van der Waals surface area (Å²) in [5, 5.41) is 2.71. The lowest BCUT2D eigenvalue weighted by atomic mass is 10.2. The Hall–Kier alpha value is -2.13. The number of nitrogens with zero attached hydrogens (tertiary/aromatic N) is 1. The molecule has 3 heteroatoms. The van der Waals surface area contributed by atoms with E-state index in [1.165, 1.54) is 15.9 Å². The number of benzene rings is 2. The van der Waals surface area contributed by atoms with Gasteiger partial charge in [0, 0.05) is 19.2 Å². The van der Waals surface area contributed by atoms with Crippen molar-refractivity contribution in [3.05, 3.63) is 72.4 Å². The van der Waals surface area contributed by atoms with Crippen molar-refractivity contribution in [2.45, 2.75) is 25.9 Å². The first-order chi connectivity index (χ1) is 11.1. The first-order valence-electron chi connectivity index (χ1n) is 8.22. The highest BCUT2D eigenvalue weighted by Crippen LogP contribution is 2.27. The number of hydrogen-bond donors (Lipinski definition) is 0. The molecule has 118 valence electrons. The van der Waals surface area contributed by atoms with Gasteiger partial charge < -0.3 is 4.90 Å². The Morgan fingerprint density at radius 1 is 1.00 bits per heavy atom. The van der Waals surface area contributed by atoms with Crippen LogP contribution < -0.4 is 5.19 Å². The van der Waals surface area contributed by atoms with Crippen LogP contribution in [-0.2, 0) is 4.79 Å². The third kappa shape index (κ3) is 3.30. The van der Waals surface area contributed by atoms with E-state index in [0.29, 0.717) is 6.42 Å². The summed E-state index contributed by atoms with van der Waals surface area (Å²) < 4.78 is 0. The normalized spacial score (nSPS) is 16.0. The third-order valence-electron chi connectivity index (χ3n) is 4.65. The summed E-state index contributed by atoms with van der Waals surface area (Å²) in [5.41, 5.74) is 1.23. The number of hydrogen-bond acceptors (Lipinski definition) is 1. The summed E-state index contributed by atoms with van der Waals surface area (Å²) in [6.45, 7) is 5.57. The molecule has 0 unspecified atom stereocenters. The maximum Gasteiger partial charge on any atom is 0.226 e. The lowest BCUT2D eigenvalue weighted by Gasteiger charge is -2.28. The second-order valence-electron chi connectivity index (χ2n) is 6.59. The summed E-state index contributed by atoms with van der Waals surface area (Å²) >= 11 is 0. The molecule has 1 aliphatic heterocycles. The zero-order valence-corrected chi connectivity index (χ0v) is 14.8. The van der Waals surface area contributed by atoms with Crippen molar-refractivity contribution < 1.29 is 4.79 Å². The molecule has 2 aromatic rings. The summed E-state index contributed by atoms with van der Waals surface area (Å²) in [4.78, 5) is 14.0. The molecule has 0 atom stereocenters. The van der Waals surface area contributed by atoms with E-state index in [2.05, 4.69) is 73.9 Å². The van der Waals surface area contributed by atoms with E-state index < -0.39 is 8.07 Å². The quantitative estimate of drug-likeness (QED) is 0.784. The van der Waals surface area contributed by atoms with E-state index in [1.807, 2.05) is 11.0 Å². The van der Waals surface area contributed by atoms with Crippen LogP contribution in [-0.4, -0.2) is 25.4 Å². The summed E-state index contributed by atoms with van der Waals surface area (Å²) in [6, 6.07) is 21.2. The molecule has 0 radical (unpaired) electrons. The Labute approximate surface area is 139 Å². The lowest BCUT2D eigenvalue weighted by molar-refractivity contribution is -0.125. The van der Waals surface area contributed by atoms with Crippen LogP contribution in [0, 0.1) is 0 Å². The first-order valence-corrected chi connectivity index (χ1v) is 11.2. The molecule has 2 nitrogen and oxygen atoms in total. The lowest BCUT2D eigenvalue weighted by Crippen LogP contribution is -2.43. The van der Waals surface area contributed by atoms with E-state index >= 15 is 0 Å². The predicted molar refractivity (Wildman–Crippen MR) is 98.9 cm³/mol. The van der Waals surface area contributed by atoms with Gasteiger partial charge in [-0.15, -0.1) is 0 Å². The molecule has 3 rings (SSSR count). The van der Waals surface area contributed by atoms with Gasteiger partial charge in [0.15, 0.2) is 0 Å². The Kier molecular flexibility index (Phi) is 4.48. The van der Waals surface area contributed by atoms with E-state index in [0.717, 1.165) is 13.0 Å². The minimum Gasteiger partial charge on any atom is -0.319 e. The van der Waals surface area contributed by atoms with Gasteiger partial charge in [0.25, 0.3) is 0 Å². The molecule has 1 fully saturated rings. The molecule has 1 amide bonds. The van der Waals surface area contributed by atoms with E-state index in [1.54, 1.807) is 0 Å². The number of rotatable bonds is 4. The van der Waals surface area contributed by atoms with Crippen molar-refractivity contribution in [3.8, 4) is 0 Å². The van der Waals surface area contributed by atoms with Crippen LogP contribution >= 0.6 is 0 Å². The fraction of sp³-hybridized carbons (Fsp3) is 0.250. The van der Waals surface area contributed by atoms with Crippen LogP contribution in [0.5, 0.6) is 0 Å². The van der Waals surface area contributed by atoms with Crippen LogP contribution in [0.25, 0.3) is 5.20 Å².